The second-order valence-electron chi connectivity index (χ2n) is 2.31. The van der Waals surface area contributed by atoms with Crippen molar-refractivity contribution < 1.29 is 14.3 Å². The van der Waals surface area contributed by atoms with Gasteiger partial charge in [0.1, 0.15) is 0 Å². The number of methoxy groups -OCH3 is 2. The van der Waals surface area contributed by atoms with Gasteiger partial charge in [0.05, 0.1) is 13.7 Å². The molecule has 0 aliphatic heterocycles. The van der Waals surface area contributed by atoms with Crippen molar-refractivity contribution in [2.45, 2.75) is 0 Å². The normalized spacial score (nSPS) is 10.2. The summed E-state index contributed by atoms with van der Waals surface area (Å²) in [6.45, 7) is 1.39. The van der Waals surface area contributed by atoms with E-state index < -0.39 is 0 Å². The van der Waals surface area contributed by atoms with Gasteiger partial charge in [-0.25, -0.2) is 4.79 Å². The number of rotatable bonds is 5. The van der Waals surface area contributed by atoms with Gasteiger partial charge in [-0.1, -0.05) is 0 Å². The minimum absolute atomic E-state index is 0.348. The molecule has 0 aromatic heterocycles. The van der Waals surface area contributed by atoms with Crippen molar-refractivity contribution in [3.8, 4) is 0 Å². The fourth-order valence-corrected chi connectivity index (χ4v) is 0.566. The maximum Gasteiger partial charge on any atom is 0.331 e. The zero-order valence-electron chi connectivity index (χ0n) is 7.74. The molecule has 0 aromatic rings. The largest absolute Gasteiger partial charge is 0.466 e. The summed E-state index contributed by atoms with van der Waals surface area (Å²) in [6, 6.07) is 0. The predicted molar refractivity (Wildman–Crippen MR) is 45.7 cm³/mol. The molecule has 0 saturated heterocycles. The lowest BCUT2D eigenvalue weighted by atomic mass is 10.5. The summed E-state index contributed by atoms with van der Waals surface area (Å²) in [6.07, 6.45) is 3.03. The summed E-state index contributed by atoms with van der Waals surface area (Å²) in [4.78, 5) is 12.5. The number of hydrogen-bond donors (Lipinski definition) is 0. The minimum atomic E-state index is -0.348. The lowest BCUT2D eigenvalue weighted by Crippen LogP contribution is -2.17. The molecule has 0 unspecified atom stereocenters. The Balaban J connectivity index is 3.59. The van der Waals surface area contributed by atoms with Gasteiger partial charge in [-0.2, -0.15) is 0 Å². The monoisotopic (exact) mass is 173 g/mol. The van der Waals surface area contributed by atoms with Gasteiger partial charge < -0.3 is 14.4 Å². The number of esters is 1. The molecule has 0 aliphatic carbocycles. The number of carbonyl (C=O) groups is 1. The molecular weight excluding hydrogens is 158 g/mol. The first kappa shape index (κ1) is 11.0. The summed E-state index contributed by atoms with van der Waals surface area (Å²) in [5.74, 6) is -0.348. The van der Waals surface area contributed by atoms with Crippen LogP contribution in [0, 0.1) is 0 Å². The number of likely N-dealkylation sites (N-methyl/N-ethyl adjacent to an activating group) is 1. The van der Waals surface area contributed by atoms with Crippen LogP contribution >= 0.6 is 0 Å². The van der Waals surface area contributed by atoms with Gasteiger partial charge in [0.15, 0.2) is 0 Å². The second kappa shape index (κ2) is 6.67. The van der Waals surface area contributed by atoms with Gasteiger partial charge in [-0.15, -0.1) is 0 Å². The first-order valence-electron chi connectivity index (χ1n) is 3.66. The standard InChI is InChI=1S/C8H15NO3/c1-9(6-7-11-2)5-4-8(10)12-3/h4-5H,6-7H2,1-3H3. The highest BCUT2D eigenvalue weighted by molar-refractivity contribution is 5.81. The number of hydrogen-bond acceptors (Lipinski definition) is 4. The molecule has 0 spiro atoms. The van der Waals surface area contributed by atoms with Crippen LogP contribution in [-0.4, -0.2) is 45.3 Å². The van der Waals surface area contributed by atoms with Crippen LogP contribution < -0.4 is 0 Å². The molecule has 4 heteroatoms. The van der Waals surface area contributed by atoms with E-state index in [0.717, 1.165) is 6.54 Å². The van der Waals surface area contributed by atoms with Crippen molar-refractivity contribution in [2.75, 3.05) is 34.4 Å². The van der Waals surface area contributed by atoms with Crippen LogP contribution in [0.1, 0.15) is 0 Å². The van der Waals surface area contributed by atoms with Gasteiger partial charge in [-0.3, -0.25) is 0 Å². The zero-order valence-corrected chi connectivity index (χ0v) is 7.74. The highest BCUT2D eigenvalue weighted by Gasteiger charge is 1.93. The van der Waals surface area contributed by atoms with Gasteiger partial charge in [-0.05, 0) is 0 Å². The van der Waals surface area contributed by atoms with Crippen LogP contribution in [0.2, 0.25) is 0 Å². The Morgan fingerprint density at radius 3 is 2.67 bits per heavy atom. The molecule has 70 valence electrons. The summed E-state index contributed by atoms with van der Waals surface area (Å²) in [7, 11) is 4.85. The lowest BCUT2D eigenvalue weighted by molar-refractivity contribution is -0.134. The lowest BCUT2D eigenvalue weighted by Gasteiger charge is -2.11. The molecule has 12 heavy (non-hydrogen) atoms. The van der Waals surface area contributed by atoms with E-state index in [4.69, 9.17) is 4.74 Å². The van der Waals surface area contributed by atoms with Gasteiger partial charge in [0.2, 0.25) is 0 Å². The van der Waals surface area contributed by atoms with Crippen LogP contribution in [0.25, 0.3) is 0 Å². The Labute approximate surface area is 72.8 Å². The number of ether oxygens (including phenoxy) is 2. The van der Waals surface area contributed by atoms with Crippen LogP contribution in [-0.2, 0) is 14.3 Å². The van der Waals surface area contributed by atoms with E-state index in [1.165, 1.54) is 13.2 Å². The molecule has 0 aliphatic rings. The van der Waals surface area contributed by atoms with Gasteiger partial charge in [0.25, 0.3) is 0 Å². The molecule has 0 bridgehead atoms. The first-order chi connectivity index (χ1) is 5.70. The maximum atomic E-state index is 10.6. The minimum Gasteiger partial charge on any atom is -0.466 e. The van der Waals surface area contributed by atoms with Crippen LogP contribution in [0.5, 0.6) is 0 Å². The van der Waals surface area contributed by atoms with E-state index in [-0.39, 0.29) is 5.97 Å². The molecular formula is C8H15NO3. The molecule has 0 aromatic carbocycles. The Morgan fingerprint density at radius 1 is 1.50 bits per heavy atom. The third kappa shape index (κ3) is 5.73. The van der Waals surface area contributed by atoms with E-state index in [1.807, 2.05) is 11.9 Å². The molecule has 4 nitrogen and oxygen atoms in total. The Kier molecular flexibility index (Phi) is 6.09. The van der Waals surface area contributed by atoms with E-state index in [1.54, 1.807) is 13.3 Å². The van der Waals surface area contributed by atoms with Crippen molar-refractivity contribution in [1.29, 1.82) is 0 Å². The fourth-order valence-electron chi connectivity index (χ4n) is 0.566. The van der Waals surface area contributed by atoms with Crippen molar-refractivity contribution in [3.05, 3.63) is 12.3 Å². The average Bonchev–Trinajstić information content (AvgIpc) is 2.10. The van der Waals surface area contributed by atoms with Crippen molar-refractivity contribution in [1.82, 2.24) is 4.90 Å². The van der Waals surface area contributed by atoms with Crippen molar-refractivity contribution in [3.63, 3.8) is 0 Å². The third-order valence-corrected chi connectivity index (χ3v) is 1.31. The van der Waals surface area contributed by atoms with E-state index in [0.29, 0.717) is 6.61 Å². The Hall–Kier alpha value is -1.03. The molecule has 0 rings (SSSR count). The van der Waals surface area contributed by atoms with Crippen LogP contribution in [0.4, 0.5) is 0 Å². The zero-order chi connectivity index (χ0) is 9.40. The molecule has 0 heterocycles. The molecule has 0 N–H and O–H groups in total. The summed E-state index contributed by atoms with van der Waals surface area (Å²) in [5, 5.41) is 0. The van der Waals surface area contributed by atoms with Crippen LogP contribution in [0.3, 0.4) is 0 Å². The van der Waals surface area contributed by atoms with E-state index in [2.05, 4.69) is 4.74 Å². The van der Waals surface area contributed by atoms with Gasteiger partial charge >= 0.3 is 5.97 Å². The summed E-state index contributed by atoms with van der Waals surface area (Å²) in [5.41, 5.74) is 0. The van der Waals surface area contributed by atoms with Gasteiger partial charge in [0, 0.05) is 33.0 Å². The average molecular weight is 173 g/mol. The first-order valence-corrected chi connectivity index (χ1v) is 3.66. The highest BCUT2D eigenvalue weighted by atomic mass is 16.5. The van der Waals surface area contributed by atoms with Crippen molar-refractivity contribution in [2.24, 2.45) is 0 Å². The molecule has 0 amide bonds. The Bertz CT molecular complexity index is 156. The Morgan fingerprint density at radius 2 is 2.17 bits per heavy atom. The quantitative estimate of drug-likeness (QED) is 0.441. The van der Waals surface area contributed by atoms with E-state index in [9.17, 15) is 4.79 Å². The molecule has 0 saturated carbocycles. The van der Waals surface area contributed by atoms with Crippen molar-refractivity contribution >= 4 is 5.97 Å². The summed E-state index contributed by atoms with van der Waals surface area (Å²) >= 11 is 0. The van der Waals surface area contributed by atoms with E-state index >= 15 is 0 Å². The molecule has 0 fully saturated rings. The fraction of sp³-hybridized carbons (Fsp3) is 0.625. The number of nitrogens with zero attached hydrogens (tertiary/aromatic N) is 1. The third-order valence-electron chi connectivity index (χ3n) is 1.31. The SMILES string of the molecule is COCCN(C)C=CC(=O)OC. The predicted octanol–water partition coefficient (Wildman–Crippen LogP) is 0.251. The molecule has 0 atom stereocenters. The molecule has 0 radical (unpaired) electrons. The maximum absolute atomic E-state index is 10.6. The van der Waals surface area contributed by atoms with Crippen LogP contribution in [0.15, 0.2) is 12.3 Å². The number of carbonyl (C=O) groups excluding carboxylic acids is 1. The highest BCUT2D eigenvalue weighted by Crippen LogP contribution is 1.85. The smallest absolute Gasteiger partial charge is 0.331 e. The topological polar surface area (TPSA) is 38.8 Å². The second-order valence-corrected chi connectivity index (χ2v) is 2.31. The summed E-state index contributed by atoms with van der Waals surface area (Å²) < 4.78 is 9.28.